The van der Waals surface area contributed by atoms with E-state index in [9.17, 15) is 0 Å². The molecular formula is C12H19N7S. The maximum atomic E-state index is 5.53. The van der Waals surface area contributed by atoms with Crippen molar-refractivity contribution in [1.82, 2.24) is 24.7 Å². The first kappa shape index (κ1) is 14.7. The number of rotatable bonds is 4. The Hall–Kier alpha value is -1.67. The second-order valence-electron chi connectivity index (χ2n) is 4.85. The molecule has 0 saturated carbocycles. The molecule has 0 amide bonds. The minimum atomic E-state index is 0.225. The molecule has 108 valence electrons. The second-order valence-corrected chi connectivity index (χ2v) is 5.81. The van der Waals surface area contributed by atoms with E-state index in [2.05, 4.69) is 25.6 Å². The van der Waals surface area contributed by atoms with E-state index in [1.807, 2.05) is 39.3 Å². The molecule has 2 heterocycles. The molecule has 0 aromatic carbocycles. The molecule has 7 nitrogen and oxygen atoms in total. The molecule has 20 heavy (non-hydrogen) atoms. The smallest absolute Gasteiger partial charge is 0.197 e. The Morgan fingerprint density at radius 3 is 2.40 bits per heavy atom. The van der Waals surface area contributed by atoms with Crippen LogP contribution in [0.15, 0.2) is 10.2 Å². The van der Waals surface area contributed by atoms with E-state index in [-0.39, 0.29) is 5.92 Å². The number of hydrogen-bond donors (Lipinski definition) is 2. The first-order valence-corrected chi connectivity index (χ1v) is 7.14. The number of nitrogens with zero attached hydrogens (tertiary/aromatic N) is 5. The molecule has 2 aromatic heterocycles. The zero-order valence-corrected chi connectivity index (χ0v) is 13.1. The average Bonchev–Trinajstić information content (AvgIpc) is 2.72. The molecule has 3 N–H and O–H groups in total. The summed E-state index contributed by atoms with van der Waals surface area (Å²) in [5.74, 6) is 8.02. The molecule has 0 spiro atoms. The summed E-state index contributed by atoms with van der Waals surface area (Å²) in [7, 11) is 1.93. The fraction of sp³-hybridized carbons (Fsp3) is 0.500. The van der Waals surface area contributed by atoms with Gasteiger partial charge in [-0.25, -0.2) is 15.8 Å². The lowest BCUT2D eigenvalue weighted by Gasteiger charge is -2.12. The highest BCUT2D eigenvalue weighted by Crippen LogP contribution is 2.31. The fourth-order valence-corrected chi connectivity index (χ4v) is 2.49. The van der Waals surface area contributed by atoms with Crippen LogP contribution in [0.1, 0.15) is 37.0 Å². The number of hydrogen-bond acceptors (Lipinski definition) is 7. The summed E-state index contributed by atoms with van der Waals surface area (Å²) in [4.78, 5) is 9.02. The van der Waals surface area contributed by atoms with Crippen LogP contribution in [0.2, 0.25) is 0 Å². The van der Waals surface area contributed by atoms with Gasteiger partial charge in [0.05, 0.1) is 0 Å². The number of nitrogen functional groups attached to an aromatic ring is 1. The van der Waals surface area contributed by atoms with E-state index in [0.717, 1.165) is 27.4 Å². The van der Waals surface area contributed by atoms with Crippen LogP contribution in [0.3, 0.4) is 0 Å². The van der Waals surface area contributed by atoms with E-state index < -0.39 is 0 Å². The molecule has 0 aliphatic carbocycles. The minimum Gasteiger partial charge on any atom is -0.309 e. The van der Waals surface area contributed by atoms with Crippen LogP contribution in [0.25, 0.3) is 0 Å². The number of aromatic nitrogens is 5. The predicted octanol–water partition coefficient (Wildman–Crippen LogP) is 1.78. The summed E-state index contributed by atoms with van der Waals surface area (Å²) in [6.45, 7) is 7.94. The van der Waals surface area contributed by atoms with Crippen LogP contribution in [-0.2, 0) is 7.05 Å². The van der Waals surface area contributed by atoms with E-state index in [0.29, 0.717) is 5.82 Å². The summed E-state index contributed by atoms with van der Waals surface area (Å²) < 4.78 is 1.93. The Kier molecular flexibility index (Phi) is 4.24. The average molecular weight is 293 g/mol. The molecule has 0 bridgehead atoms. The van der Waals surface area contributed by atoms with Crippen LogP contribution >= 0.6 is 11.8 Å². The molecule has 0 unspecified atom stereocenters. The highest BCUT2D eigenvalue weighted by atomic mass is 32.2. The van der Waals surface area contributed by atoms with Crippen molar-refractivity contribution in [3.05, 3.63) is 17.2 Å². The lowest BCUT2D eigenvalue weighted by atomic mass is 10.2. The molecule has 0 radical (unpaired) electrons. The number of nitrogens with two attached hydrogens (primary N) is 1. The van der Waals surface area contributed by atoms with Crippen LogP contribution in [-0.4, -0.2) is 24.7 Å². The van der Waals surface area contributed by atoms with E-state index >= 15 is 0 Å². The van der Waals surface area contributed by atoms with Crippen molar-refractivity contribution < 1.29 is 0 Å². The van der Waals surface area contributed by atoms with Crippen molar-refractivity contribution in [2.45, 2.75) is 43.8 Å². The third-order valence-electron chi connectivity index (χ3n) is 3.01. The second kappa shape index (κ2) is 5.76. The Morgan fingerprint density at radius 2 is 1.90 bits per heavy atom. The highest BCUT2D eigenvalue weighted by molar-refractivity contribution is 7.99. The number of anilines is 1. The molecule has 2 aromatic rings. The zero-order chi connectivity index (χ0) is 14.9. The SMILES string of the molecule is Cc1c(NN)nc(C(C)C)nc1Sc1nnc(C)n1C. The zero-order valence-electron chi connectivity index (χ0n) is 12.3. The van der Waals surface area contributed by atoms with Crippen molar-refractivity contribution in [3.8, 4) is 0 Å². The topological polar surface area (TPSA) is 94.5 Å². The Labute approximate surface area is 122 Å². The Morgan fingerprint density at radius 1 is 1.20 bits per heavy atom. The maximum absolute atomic E-state index is 5.53. The molecule has 0 saturated heterocycles. The monoisotopic (exact) mass is 293 g/mol. The molecule has 8 heteroatoms. The first-order chi connectivity index (χ1) is 9.43. The minimum absolute atomic E-state index is 0.225. The van der Waals surface area contributed by atoms with Gasteiger partial charge in [-0.3, -0.25) is 0 Å². The van der Waals surface area contributed by atoms with Gasteiger partial charge in [-0.1, -0.05) is 13.8 Å². The molecule has 2 rings (SSSR count). The van der Waals surface area contributed by atoms with Gasteiger partial charge in [0, 0.05) is 18.5 Å². The molecule has 0 atom stereocenters. The Bertz CT molecular complexity index is 621. The van der Waals surface area contributed by atoms with Crippen LogP contribution in [0.4, 0.5) is 5.82 Å². The van der Waals surface area contributed by atoms with Gasteiger partial charge in [0.15, 0.2) is 5.16 Å². The van der Waals surface area contributed by atoms with Crippen LogP contribution in [0, 0.1) is 13.8 Å². The first-order valence-electron chi connectivity index (χ1n) is 6.33. The fourth-order valence-electron chi connectivity index (χ4n) is 1.57. The number of nitrogens with one attached hydrogen (secondary N) is 1. The summed E-state index contributed by atoms with van der Waals surface area (Å²) in [6, 6.07) is 0. The van der Waals surface area contributed by atoms with Gasteiger partial charge in [-0.2, -0.15) is 0 Å². The van der Waals surface area contributed by atoms with Gasteiger partial charge in [-0.15, -0.1) is 10.2 Å². The number of aryl methyl sites for hydroxylation is 1. The maximum Gasteiger partial charge on any atom is 0.197 e. The molecule has 0 aliphatic rings. The van der Waals surface area contributed by atoms with Crippen LogP contribution in [0.5, 0.6) is 0 Å². The molecule has 0 fully saturated rings. The van der Waals surface area contributed by atoms with Crippen molar-refractivity contribution >= 4 is 17.6 Å². The molecular weight excluding hydrogens is 274 g/mol. The van der Waals surface area contributed by atoms with E-state index in [1.165, 1.54) is 11.8 Å². The van der Waals surface area contributed by atoms with Gasteiger partial charge < -0.3 is 9.99 Å². The van der Waals surface area contributed by atoms with Crippen molar-refractivity contribution in [2.75, 3.05) is 5.43 Å². The van der Waals surface area contributed by atoms with Crippen molar-refractivity contribution in [1.29, 1.82) is 0 Å². The van der Waals surface area contributed by atoms with Crippen LogP contribution < -0.4 is 11.3 Å². The number of hydrazine groups is 1. The van der Waals surface area contributed by atoms with Gasteiger partial charge in [0.2, 0.25) is 0 Å². The van der Waals surface area contributed by atoms with Crippen molar-refractivity contribution in [3.63, 3.8) is 0 Å². The van der Waals surface area contributed by atoms with Gasteiger partial charge >= 0.3 is 0 Å². The molecule has 0 aliphatic heterocycles. The van der Waals surface area contributed by atoms with Gasteiger partial charge in [0.1, 0.15) is 22.5 Å². The lowest BCUT2D eigenvalue weighted by Crippen LogP contribution is -2.13. The summed E-state index contributed by atoms with van der Waals surface area (Å²) >= 11 is 1.47. The summed E-state index contributed by atoms with van der Waals surface area (Å²) in [6.07, 6.45) is 0. The summed E-state index contributed by atoms with van der Waals surface area (Å²) in [5, 5.41) is 9.83. The van der Waals surface area contributed by atoms with Gasteiger partial charge in [-0.05, 0) is 25.6 Å². The third-order valence-corrected chi connectivity index (χ3v) is 4.14. The quantitative estimate of drug-likeness (QED) is 0.504. The lowest BCUT2D eigenvalue weighted by molar-refractivity contribution is 0.741. The Balaban J connectivity index is 2.45. The highest BCUT2D eigenvalue weighted by Gasteiger charge is 2.16. The predicted molar refractivity (Wildman–Crippen MR) is 78.5 cm³/mol. The van der Waals surface area contributed by atoms with Gasteiger partial charge in [0.25, 0.3) is 0 Å². The van der Waals surface area contributed by atoms with E-state index in [4.69, 9.17) is 5.84 Å². The standard InChI is InChI=1S/C12H19N7S/c1-6(2)9-14-10(16-13)7(3)11(15-9)20-12-18-17-8(4)19(12)5/h6H,13H2,1-5H3,(H,14,15,16). The van der Waals surface area contributed by atoms with Crippen molar-refractivity contribution in [2.24, 2.45) is 12.9 Å². The normalized spacial score (nSPS) is 11.2. The van der Waals surface area contributed by atoms with E-state index in [1.54, 1.807) is 0 Å². The summed E-state index contributed by atoms with van der Waals surface area (Å²) in [5.41, 5.74) is 3.53. The largest absolute Gasteiger partial charge is 0.309 e. The third kappa shape index (κ3) is 2.75.